The first kappa shape index (κ1) is 19.5. The molecule has 0 saturated carbocycles. The van der Waals surface area contributed by atoms with Crippen molar-refractivity contribution in [1.29, 1.82) is 0 Å². The lowest BCUT2D eigenvalue weighted by molar-refractivity contribution is 0.592. The zero-order valence-electron chi connectivity index (χ0n) is 23.5. The molecule has 0 spiro atoms. The summed E-state index contributed by atoms with van der Waals surface area (Å²) in [6, 6.07) is 27.2. The predicted molar refractivity (Wildman–Crippen MR) is 147 cm³/mol. The van der Waals surface area contributed by atoms with Crippen molar-refractivity contribution in [2.24, 2.45) is 0 Å². The minimum atomic E-state index is -2.27. The van der Waals surface area contributed by atoms with Gasteiger partial charge in [0, 0.05) is 15.9 Å². The molecule has 0 aliphatic carbocycles. The van der Waals surface area contributed by atoms with E-state index < -0.39 is 14.9 Å². The van der Waals surface area contributed by atoms with Gasteiger partial charge in [-0.2, -0.15) is 0 Å². The van der Waals surface area contributed by atoms with Gasteiger partial charge >= 0.3 is 0 Å². The van der Waals surface area contributed by atoms with Crippen LogP contribution >= 0.6 is 0 Å². The molecular weight excluding hydrogens is 414 g/mol. The average molecular weight is 453 g/mol. The largest absolute Gasteiger partial charge is 0.256 e. The third-order valence-corrected chi connectivity index (χ3v) is 8.24. The van der Waals surface area contributed by atoms with Crippen molar-refractivity contribution in [1.82, 2.24) is 4.98 Å². The fraction of sp³-hybridized carbons (Fsp3) is 0.258. The summed E-state index contributed by atoms with van der Waals surface area (Å²) in [6.45, 7) is 11.3. The Morgan fingerprint density at radius 2 is 1.39 bits per heavy atom. The maximum absolute atomic E-state index is 8.21. The topological polar surface area (TPSA) is 12.9 Å². The maximum atomic E-state index is 8.21. The van der Waals surface area contributed by atoms with E-state index in [9.17, 15) is 0 Å². The van der Waals surface area contributed by atoms with Crippen LogP contribution in [-0.2, 0) is 5.41 Å². The zero-order valence-corrected chi connectivity index (χ0v) is 21.5. The van der Waals surface area contributed by atoms with E-state index >= 15 is 0 Å². The van der Waals surface area contributed by atoms with Gasteiger partial charge < -0.3 is 0 Å². The van der Waals surface area contributed by atoms with Crippen LogP contribution in [0.5, 0.6) is 0 Å². The summed E-state index contributed by atoms with van der Waals surface area (Å²) in [5.74, 6) is 0. The number of benzene rings is 3. The molecule has 4 rings (SSSR count). The van der Waals surface area contributed by atoms with Crippen molar-refractivity contribution < 1.29 is 4.11 Å². The Morgan fingerprint density at radius 3 is 2.00 bits per heavy atom. The molecular formula is C31H35NSi. The fourth-order valence-electron chi connectivity index (χ4n) is 4.19. The number of nitrogens with zero attached hydrogens (tertiary/aromatic N) is 1. The second kappa shape index (κ2) is 8.76. The molecule has 1 heterocycles. The predicted octanol–water partition coefficient (Wildman–Crippen LogP) is 8.23. The number of hydrogen-bond donors (Lipinski definition) is 0. The third-order valence-electron chi connectivity index (χ3n) is 6.18. The van der Waals surface area contributed by atoms with Crippen LogP contribution in [0.25, 0.3) is 33.5 Å². The van der Waals surface area contributed by atoms with E-state index in [4.69, 9.17) is 4.11 Å². The Morgan fingerprint density at radius 1 is 0.727 bits per heavy atom. The van der Waals surface area contributed by atoms with Gasteiger partial charge in [-0.15, -0.1) is 0 Å². The van der Waals surface area contributed by atoms with E-state index in [-0.39, 0.29) is 11.0 Å². The Bertz CT molecular complexity index is 1360. The molecule has 33 heavy (non-hydrogen) atoms. The molecule has 0 unspecified atom stereocenters. The van der Waals surface area contributed by atoms with Crippen LogP contribution in [0.4, 0.5) is 0 Å². The van der Waals surface area contributed by atoms with Crippen LogP contribution < -0.4 is 5.19 Å². The maximum Gasteiger partial charge on any atom is 0.0775 e. The van der Waals surface area contributed by atoms with Gasteiger partial charge in [-0.1, -0.05) is 118 Å². The van der Waals surface area contributed by atoms with Crippen molar-refractivity contribution in [3.8, 4) is 33.5 Å². The van der Waals surface area contributed by atoms with E-state index in [1.54, 1.807) is 0 Å². The van der Waals surface area contributed by atoms with Gasteiger partial charge in [0.15, 0.2) is 0 Å². The minimum Gasteiger partial charge on any atom is -0.256 e. The lowest BCUT2D eigenvalue weighted by Crippen LogP contribution is -2.37. The molecule has 2 heteroatoms. The minimum absolute atomic E-state index is 0.189. The molecule has 0 saturated heterocycles. The van der Waals surface area contributed by atoms with Crippen LogP contribution in [0.3, 0.4) is 0 Å². The highest BCUT2D eigenvalue weighted by Gasteiger charge is 2.22. The summed E-state index contributed by atoms with van der Waals surface area (Å²) in [5.41, 5.74) is 6.90. The highest BCUT2D eigenvalue weighted by atomic mass is 28.3. The molecule has 3 aromatic carbocycles. The molecule has 0 bridgehead atoms. The zero-order chi connectivity index (χ0) is 26.3. The van der Waals surface area contributed by atoms with Crippen LogP contribution in [0.15, 0.2) is 85.1 Å². The van der Waals surface area contributed by atoms with Crippen molar-refractivity contribution in [2.45, 2.75) is 52.7 Å². The molecule has 0 aliphatic rings. The normalized spacial score (nSPS) is 13.8. The number of rotatable bonds is 4. The Hall–Kier alpha value is -2.97. The van der Waals surface area contributed by atoms with Crippen molar-refractivity contribution in [3.63, 3.8) is 0 Å². The third kappa shape index (κ3) is 5.01. The first-order valence-electron chi connectivity index (χ1n) is 13.1. The summed E-state index contributed by atoms with van der Waals surface area (Å²) in [4.78, 5) is 4.53. The first-order chi connectivity index (χ1) is 16.7. The molecule has 0 radical (unpaired) electrons. The number of aromatic nitrogens is 1. The van der Waals surface area contributed by atoms with Gasteiger partial charge in [-0.05, 0) is 51.7 Å². The monoisotopic (exact) mass is 452 g/mol. The Kier molecular flexibility index (Phi) is 5.17. The van der Waals surface area contributed by atoms with Gasteiger partial charge in [0.2, 0.25) is 0 Å². The molecule has 1 nitrogen and oxygen atoms in total. The fourth-order valence-corrected chi connectivity index (χ4v) is 5.35. The molecule has 168 valence electrons. The highest BCUT2D eigenvalue weighted by Crippen LogP contribution is 2.38. The molecule has 1 aromatic heterocycles. The smallest absolute Gasteiger partial charge is 0.0775 e. The Balaban J connectivity index is 1.90. The van der Waals surface area contributed by atoms with Crippen molar-refractivity contribution >= 4 is 13.3 Å². The van der Waals surface area contributed by atoms with Crippen LogP contribution in [0.1, 0.15) is 36.0 Å². The molecule has 0 fully saturated rings. The van der Waals surface area contributed by atoms with E-state index in [0.717, 1.165) is 33.5 Å². The average Bonchev–Trinajstić information content (AvgIpc) is 2.82. The van der Waals surface area contributed by atoms with Crippen LogP contribution in [0, 0.1) is 6.85 Å². The lowest BCUT2D eigenvalue weighted by atomic mass is 9.79. The van der Waals surface area contributed by atoms with Gasteiger partial charge in [0.05, 0.1) is 13.8 Å². The summed E-state index contributed by atoms with van der Waals surface area (Å²) in [6.07, 6.45) is 1.53. The van der Waals surface area contributed by atoms with Crippen molar-refractivity contribution in [3.05, 3.63) is 96.2 Å². The number of pyridine rings is 1. The second-order valence-corrected chi connectivity index (χ2v) is 15.9. The molecule has 0 amide bonds. The highest BCUT2D eigenvalue weighted by molar-refractivity contribution is 6.88. The molecule has 4 aromatic rings. The van der Waals surface area contributed by atoms with Gasteiger partial charge in [-0.3, -0.25) is 4.98 Å². The van der Waals surface area contributed by atoms with Gasteiger partial charge in [0.25, 0.3) is 0 Å². The summed E-state index contributed by atoms with van der Waals surface area (Å²) < 4.78 is 24.6. The SMILES string of the molecule is [2H]C([2H])([2H])c1cnc(-c2ccccc2)cc1-c1ccc(-c2ccc([Si](C)(C)C)cc2)cc1C(C)(C)C. The summed E-state index contributed by atoms with van der Waals surface area (Å²) in [5, 5.41) is 1.44. The van der Waals surface area contributed by atoms with E-state index in [1.807, 2.05) is 36.4 Å². The van der Waals surface area contributed by atoms with Gasteiger partial charge in [0.1, 0.15) is 0 Å². The van der Waals surface area contributed by atoms with Gasteiger partial charge in [-0.25, -0.2) is 0 Å². The first-order valence-corrected chi connectivity index (χ1v) is 15.1. The standard InChI is InChI=1S/C31H35NSi/c1-22-21-32-30(24-11-9-8-10-12-24)20-28(22)27-18-15-25(19-29(27)31(2,3)4)23-13-16-26(17-14-23)33(5,6)7/h8-21H,1-7H3/i1D3. The molecule has 0 N–H and O–H groups in total. The van der Waals surface area contributed by atoms with Crippen LogP contribution in [0.2, 0.25) is 19.6 Å². The number of aryl methyl sites for hydroxylation is 1. The van der Waals surface area contributed by atoms with E-state index in [1.165, 1.54) is 16.9 Å². The summed E-state index contributed by atoms with van der Waals surface area (Å²) in [7, 11) is -1.37. The lowest BCUT2D eigenvalue weighted by Gasteiger charge is -2.25. The molecule has 0 aliphatic heterocycles. The van der Waals surface area contributed by atoms with E-state index in [2.05, 4.69) is 87.9 Å². The van der Waals surface area contributed by atoms with Crippen LogP contribution in [-0.4, -0.2) is 13.1 Å². The summed E-state index contributed by atoms with van der Waals surface area (Å²) >= 11 is 0. The quantitative estimate of drug-likeness (QED) is 0.284. The Labute approximate surface area is 204 Å². The van der Waals surface area contributed by atoms with E-state index in [0.29, 0.717) is 0 Å². The number of hydrogen-bond acceptors (Lipinski definition) is 1. The molecule has 0 atom stereocenters. The van der Waals surface area contributed by atoms with Crippen molar-refractivity contribution in [2.75, 3.05) is 0 Å². The second-order valence-electron chi connectivity index (χ2n) is 10.8.